The van der Waals surface area contributed by atoms with Gasteiger partial charge in [-0.3, -0.25) is 9.59 Å². The first-order valence-corrected chi connectivity index (χ1v) is 10.2. The van der Waals surface area contributed by atoms with Crippen molar-refractivity contribution in [3.63, 3.8) is 0 Å². The van der Waals surface area contributed by atoms with E-state index in [9.17, 15) is 9.59 Å². The highest BCUT2D eigenvalue weighted by Crippen LogP contribution is 2.17. The van der Waals surface area contributed by atoms with Crippen molar-refractivity contribution in [3.8, 4) is 0 Å². The van der Waals surface area contributed by atoms with Crippen molar-refractivity contribution in [2.75, 3.05) is 0 Å². The monoisotopic (exact) mass is 480 g/mol. The van der Waals surface area contributed by atoms with Crippen LogP contribution in [0.2, 0.25) is 0 Å². The molecule has 0 saturated carbocycles. The summed E-state index contributed by atoms with van der Waals surface area (Å²) in [5.41, 5.74) is 2.29. The van der Waals surface area contributed by atoms with Gasteiger partial charge in [-0.2, -0.15) is 0 Å². The first-order chi connectivity index (χ1) is 12.4. The average Bonchev–Trinajstić information content (AvgIpc) is 2.60. The Bertz CT molecular complexity index is 724. The van der Waals surface area contributed by atoms with Gasteiger partial charge in [0.15, 0.2) is 0 Å². The molecule has 0 radical (unpaired) electrons. The van der Waals surface area contributed by atoms with Crippen LogP contribution < -0.4 is 0 Å². The largest absolute Gasteiger partial charge is 0.462 e. The third-order valence-electron chi connectivity index (χ3n) is 4.06. The maximum absolute atomic E-state index is 12.3. The minimum Gasteiger partial charge on any atom is -0.462 e. The average molecular weight is 482 g/mol. The van der Waals surface area contributed by atoms with E-state index in [4.69, 9.17) is 4.74 Å². The van der Waals surface area contributed by atoms with Crippen molar-refractivity contribution in [2.45, 2.75) is 45.1 Å². The van der Waals surface area contributed by atoms with E-state index in [0.717, 1.165) is 26.5 Å². The number of ether oxygens (including phenoxy) is 1. The lowest BCUT2D eigenvalue weighted by molar-refractivity contribution is -0.147. The van der Waals surface area contributed by atoms with Crippen molar-refractivity contribution in [1.29, 1.82) is 0 Å². The summed E-state index contributed by atoms with van der Waals surface area (Å²) in [7, 11) is 0. The Morgan fingerprint density at radius 2 is 1.38 bits per heavy atom. The van der Waals surface area contributed by atoms with Gasteiger partial charge in [-0.05, 0) is 54.7 Å². The van der Waals surface area contributed by atoms with Crippen LogP contribution in [-0.4, -0.2) is 17.9 Å². The van der Waals surface area contributed by atoms with Crippen molar-refractivity contribution in [2.24, 2.45) is 0 Å². The van der Waals surface area contributed by atoms with Gasteiger partial charge >= 0.3 is 5.97 Å². The maximum atomic E-state index is 12.3. The highest BCUT2D eigenvalue weighted by Gasteiger charge is 2.17. The molecule has 0 aromatic heterocycles. The zero-order valence-electron chi connectivity index (χ0n) is 14.7. The van der Waals surface area contributed by atoms with Gasteiger partial charge in [0.2, 0.25) is 0 Å². The lowest BCUT2D eigenvalue weighted by Crippen LogP contribution is -2.21. The van der Waals surface area contributed by atoms with Crippen LogP contribution in [0.5, 0.6) is 0 Å². The number of hydrogen-bond acceptors (Lipinski definition) is 3. The van der Waals surface area contributed by atoms with Crippen LogP contribution in [0.15, 0.2) is 57.5 Å². The molecule has 1 unspecified atom stereocenters. The minimum atomic E-state index is -0.367. The van der Waals surface area contributed by atoms with Gasteiger partial charge in [-0.25, -0.2) is 0 Å². The number of aryl methyl sites for hydroxylation is 2. The van der Waals surface area contributed by atoms with Crippen LogP contribution in [0, 0.1) is 0 Å². The second-order valence-corrected chi connectivity index (χ2v) is 8.10. The molecule has 0 bridgehead atoms. The van der Waals surface area contributed by atoms with Crippen LogP contribution in [0.3, 0.4) is 0 Å². The van der Waals surface area contributed by atoms with E-state index in [1.807, 2.05) is 48.5 Å². The Morgan fingerprint density at radius 1 is 0.885 bits per heavy atom. The molecule has 0 aliphatic carbocycles. The summed E-state index contributed by atoms with van der Waals surface area (Å²) in [6, 6.07) is 16.0. The molecule has 1 atom stereocenters. The molecule has 0 amide bonds. The van der Waals surface area contributed by atoms with Crippen LogP contribution in [0.1, 0.15) is 37.3 Å². The number of hydrogen-bond donors (Lipinski definition) is 0. The van der Waals surface area contributed by atoms with Gasteiger partial charge in [0, 0.05) is 28.7 Å². The highest BCUT2D eigenvalue weighted by molar-refractivity contribution is 9.10. The summed E-state index contributed by atoms with van der Waals surface area (Å²) in [4.78, 5) is 23.7. The molecule has 0 fully saturated rings. The van der Waals surface area contributed by atoms with Crippen LogP contribution in [0.4, 0.5) is 0 Å². The van der Waals surface area contributed by atoms with E-state index < -0.39 is 0 Å². The van der Waals surface area contributed by atoms with E-state index in [-0.39, 0.29) is 24.3 Å². The highest BCUT2D eigenvalue weighted by atomic mass is 79.9. The molecular formula is C21H22Br2O3. The van der Waals surface area contributed by atoms with Gasteiger partial charge in [0.05, 0.1) is 0 Å². The third-order valence-corrected chi connectivity index (χ3v) is 5.12. The number of benzene rings is 2. The van der Waals surface area contributed by atoms with Crippen molar-refractivity contribution < 1.29 is 14.3 Å². The van der Waals surface area contributed by atoms with Crippen molar-refractivity contribution in [1.82, 2.24) is 0 Å². The zero-order chi connectivity index (χ0) is 18.9. The number of halogens is 2. The Hall–Kier alpha value is -1.46. The molecule has 0 spiro atoms. The Morgan fingerprint density at radius 3 is 1.88 bits per heavy atom. The van der Waals surface area contributed by atoms with E-state index in [0.29, 0.717) is 19.3 Å². The van der Waals surface area contributed by atoms with Gasteiger partial charge in [-0.1, -0.05) is 56.1 Å². The second kappa shape index (κ2) is 10.6. The normalized spacial score (nSPS) is 11.8. The summed E-state index contributed by atoms with van der Waals surface area (Å²) in [5, 5.41) is 0. The summed E-state index contributed by atoms with van der Waals surface area (Å²) in [6.45, 7) is 1.39. The van der Waals surface area contributed by atoms with Gasteiger partial charge < -0.3 is 4.74 Å². The summed E-state index contributed by atoms with van der Waals surface area (Å²) >= 11 is 6.82. The predicted molar refractivity (Wildman–Crippen MR) is 110 cm³/mol. The fourth-order valence-corrected chi connectivity index (χ4v) is 3.24. The van der Waals surface area contributed by atoms with E-state index in [1.165, 1.54) is 6.92 Å². The molecular weight excluding hydrogens is 460 g/mol. The first-order valence-electron chi connectivity index (χ1n) is 8.60. The molecule has 2 rings (SSSR count). The fourth-order valence-electron chi connectivity index (χ4n) is 2.71. The molecule has 0 heterocycles. The Labute approximate surface area is 171 Å². The number of rotatable bonds is 9. The molecule has 0 aliphatic rings. The molecule has 2 aromatic rings. The van der Waals surface area contributed by atoms with Crippen molar-refractivity contribution in [3.05, 3.63) is 68.6 Å². The van der Waals surface area contributed by atoms with Crippen molar-refractivity contribution >= 4 is 43.6 Å². The molecule has 0 saturated heterocycles. The minimum absolute atomic E-state index is 0.120. The SMILES string of the molecule is CC(=O)OC(CCc1ccc(Br)cc1)CC(=O)CCc1ccc(Br)cc1. The molecule has 2 aromatic carbocycles. The number of Topliss-reactive ketones (excluding diaryl/α,β-unsaturated/α-hetero) is 1. The molecule has 0 N–H and O–H groups in total. The number of ketones is 1. The topological polar surface area (TPSA) is 43.4 Å². The number of esters is 1. The molecule has 26 heavy (non-hydrogen) atoms. The molecule has 0 aliphatic heterocycles. The summed E-state index contributed by atoms with van der Waals surface area (Å²) in [5.74, 6) is -0.221. The third kappa shape index (κ3) is 7.83. The fraction of sp³-hybridized carbons (Fsp3) is 0.333. The smallest absolute Gasteiger partial charge is 0.302 e. The predicted octanol–water partition coefficient (Wildman–Crippen LogP) is 5.67. The quantitative estimate of drug-likeness (QED) is 0.433. The summed E-state index contributed by atoms with van der Waals surface area (Å²) in [6.07, 6.45) is 2.47. The Balaban J connectivity index is 1.85. The van der Waals surface area contributed by atoms with Gasteiger partial charge in [0.25, 0.3) is 0 Å². The zero-order valence-corrected chi connectivity index (χ0v) is 17.9. The molecule has 138 valence electrons. The number of carbonyl (C=O) groups is 2. The van der Waals surface area contributed by atoms with Gasteiger partial charge in [-0.15, -0.1) is 0 Å². The Kier molecular flexibility index (Phi) is 8.52. The standard InChI is InChI=1S/C21H22Br2O3/c1-15(24)26-21(13-7-17-4-10-19(23)11-5-17)14-20(25)12-6-16-2-8-18(22)9-3-16/h2-5,8-11,21H,6-7,12-14H2,1H3. The van der Waals surface area contributed by atoms with E-state index in [2.05, 4.69) is 31.9 Å². The van der Waals surface area contributed by atoms with E-state index >= 15 is 0 Å². The van der Waals surface area contributed by atoms with Crippen LogP contribution >= 0.6 is 31.9 Å². The van der Waals surface area contributed by atoms with E-state index in [1.54, 1.807) is 0 Å². The summed E-state index contributed by atoms with van der Waals surface area (Å²) < 4.78 is 7.41. The lowest BCUT2D eigenvalue weighted by Gasteiger charge is -2.16. The molecule has 3 nitrogen and oxygen atoms in total. The van der Waals surface area contributed by atoms with Gasteiger partial charge in [0.1, 0.15) is 11.9 Å². The number of carbonyl (C=O) groups excluding carboxylic acids is 2. The molecule has 5 heteroatoms. The second-order valence-electron chi connectivity index (χ2n) is 6.27. The maximum Gasteiger partial charge on any atom is 0.302 e. The van der Waals surface area contributed by atoms with Crippen LogP contribution in [-0.2, 0) is 27.2 Å². The lowest BCUT2D eigenvalue weighted by atomic mass is 10.00. The van der Waals surface area contributed by atoms with Crippen LogP contribution in [0.25, 0.3) is 0 Å². The first kappa shape index (κ1) is 20.8.